The molecule has 29 heavy (non-hydrogen) atoms. The number of anilines is 2. The number of hydrogen-bond donors (Lipinski definition) is 1. The zero-order valence-electron chi connectivity index (χ0n) is 15.7. The summed E-state index contributed by atoms with van der Waals surface area (Å²) in [6.45, 7) is 4.47. The van der Waals surface area contributed by atoms with Gasteiger partial charge in [0.2, 0.25) is 5.91 Å². The Kier molecular flexibility index (Phi) is 6.26. The van der Waals surface area contributed by atoms with Crippen molar-refractivity contribution in [1.29, 1.82) is 5.26 Å². The van der Waals surface area contributed by atoms with E-state index in [4.69, 9.17) is 16.9 Å². The third-order valence-corrected chi connectivity index (χ3v) is 5.17. The van der Waals surface area contributed by atoms with Gasteiger partial charge in [0, 0.05) is 44.5 Å². The van der Waals surface area contributed by atoms with Crippen LogP contribution in [0.15, 0.2) is 36.5 Å². The highest BCUT2D eigenvalue weighted by Gasteiger charge is 2.26. The van der Waals surface area contributed by atoms with Gasteiger partial charge in [0.15, 0.2) is 0 Å². The Labute approximate surface area is 172 Å². The Morgan fingerprint density at radius 2 is 2.03 bits per heavy atom. The lowest BCUT2D eigenvalue weighted by Gasteiger charge is -2.38. The molecule has 1 aromatic heterocycles. The second-order valence-corrected chi connectivity index (χ2v) is 7.03. The minimum atomic E-state index is -0.541. The monoisotopic (exact) mass is 414 g/mol. The molecule has 3 rings (SSSR count). The van der Waals surface area contributed by atoms with Crippen LogP contribution in [0.5, 0.6) is 0 Å². The normalized spacial score (nSPS) is 15.4. The summed E-state index contributed by atoms with van der Waals surface area (Å²) in [6.07, 6.45) is 1.62. The van der Waals surface area contributed by atoms with E-state index in [1.807, 2.05) is 4.90 Å². The number of benzene rings is 1. The molecule has 1 unspecified atom stereocenters. The molecule has 10 heteroatoms. The zero-order valence-corrected chi connectivity index (χ0v) is 16.5. The predicted octanol–water partition coefficient (Wildman–Crippen LogP) is 2.66. The van der Waals surface area contributed by atoms with Crippen molar-refractivity contribution >= 4 is 34.7 Å². The number of non-ortho nitro benzene ring substituents is 1. The van der Waals surface area contributed by atoms with Gasteiger partial charge >= 0.3 is 0 Å². The summed E-state index contributed by atoms with van der Waals surface area (Å²) in [4.78, 5) is 31.3. The average molecular weight is 415 g/mol. The van der Waals surface area contributed by atoms with E-state index < -0.39 is 11.0 Å². The molecule has 0 spiro atoms. The maximum absolute atomic E-state index is 12.6. The number of nitrogens with one attached hydrogen (secondary N) is 1. The molecule has 1 aromatic carbocycles. The van der Waals surface area contributed by atoms with Gasteiger partial charge in [0.1, 0.15) is 5.82 Å². The van der Waals surface area contributed by atoms with Crippen LogP contribution in [-0.4, -0.2) is 52.9 Å². The minimum Gasteiger partial charge on any atom is -0.354 e. The molecule has 1 fully saturated rings. The number of carbonyl (C=O) groups excluding carboxylic acids is 1. The highest BCUT2D eigenvalue weighted by molar-refractivity contribution is 6.34. The number of nitro benzene ring substituents is 1. The molecule has 1 N–H and O–H groups in total. The molecule has 2 aromatic rings. The van der Waals surface area contributed by atoms with E-state index in [0.717, 1.165) is 5.82 Å². The molecule has 0 saturated carbocycles. The Bertz CT molecular complexity index is 969. The van der Waals surface area contributed by atoms with Gasteiger partial charge in [0.05, 0.1) is 33.3 Å². The van der Waals surface area contributed by atoms with Crippen molar-refractivity contribution in [1.82, 2.24) is 9.88 Å². The predicted molar refractivity (Wildman–Crippen MR) is 109 cm³/mol. The average Bonchev–Trinajstić information content (AvgIpc) is 2.74. The van der Waals surface area contributed by atoms with Crippen molar-refractivity contribution in [2.75, 3.05) is 36.4 Å². The number of pyridine rings is 1. The van der Waals surface area contributed by atoms with Gasteiger partial charge < -0.3 is 10.2 Å². The number of nitriles is 1. The second-order valence-electron chi connectivity index (χ2n) is 6.62. The molecular formula is C19H19ClN6O3. The number of aromatic nitrogens is 1. The Morgan fingerprint density at radius 1 is 1.31 bits per heavy atom. The lowest BCUT2D eigenvalue weighted by molar-refractivity contribution is -0.384. The molecule has 150 valence electrons. The SMILES string of the molecule is CC(C(=O)Nc1ccc([N+](=O)[O-])cc1Cl)N1CCN(c2cc(C#N)ccn2)CC1. The summed E-state index contributed by atoms with van der Waals surface area (Å²) < 4.78 is 0. The topological polar surface area (TPSA) is 115 Å². The molecule has 1 saturated heterocycles. The standard InChI is InChI=1S/C19H19ClN6O3/c1-13(19(27)23-17-3-2-15(26(28)29)11-16(17)20)24-6-8-25(9-7-24)18-10-14(12-21)4-5-22-18/h2-5,10-11,13H,6-9H2,1H3,(H,23,27). The highest BCUT2D eigenvalue weighted by atomic mass is 35.5. The van der Waals surface area contributed by atoms with Crippen LogP contribution in [0.1, 0.15) is 12.5 Å². The van der Waals surface area contributed by atoms with Crippen LogP contribution in [0.4, 0.5) is 17.2 Å². The first-order chi connectivity index (χ1) is 13.9. The fourth-order valence-electron chi connectivity index (χ4n) is 3.12. The van der Waals surface area contributed by atoms with Crippen molar-refractivity contribution in [2.24, 2.45) is 0 Å². The highest BCUT2D eigenvalue weighted by Crippen LogP contribution is 2.27. The first-order valence-corrected chi connectivity index (χ1v) is 9.37. The smallest absolute Gasteiger partial charge is 0.271 e. The van der Waals surface area contributed by atoms with Gasteiger partial charge in [-0.1, -0.05) is 11.6 Å². The number of nitrogens with zero attached hydrogens (tertiary/aromatic N) is 5. The van der Waals surface area contributed by atoms with Crippen molar-refractivity contribution in [3.63, 3.8) is 0 Å². The second kappa shape index (κ2) is 8.86. The molecule has 2 heterocycles. The number of piperazine rings is 1. The van der Waals surface area contributed by atoms with E-state index >= 15 is 0 Å². The van der Waals surface area contributed by atoms with Gasteiger partial charge in [-0.2, -0.15) is 5.26 Å². The molecule has 0 bridgehead atoms. The van der Waals surface area contributed by atoms with Crippen molar-refractivity contribution in [2.45, 2.75) is 13.0 Å². The molecule has 1 aliphatic rings. The third-order valence-electron chi connectivity index (χ3n) is 4.86. The van der Waals surface area contributed by atoms with Crippen LogP contribution < -0.4 is 10.2 Å². The molecule has 1 atom stereocenters. The molecular weight excluding hydrogens is 396 g/mol. The maximum Gasteiger partial charge on any atom is 0.271 e. The van der Waals surface area contributed by atoms with Crippen molar-refractivity contribution < 1.29 is 9.72 Å². The summed E-state index contributed by atoms with van der Waals surface area (Å²) in [6, 6.07) is 9.06. The zero-order chi connectivity index (χ0) is 21.0. The lowest BCUT2D eigenvalue weighted by Crippen LogP contribution is -2.53. The van der Waals surface area contributed by atoms with Crippen LogP contribution >= 0.6 is 11.6 Å². The fraction of sp³-hybridized carbons (Fsp3) is 0.316. The lowest BCUT2D eigenvalue weighted by atomic mass is 10.2. The van der Waals surface area contributed by atoms with E-state index in [1.54, 1.807) is 25.3 Å². The number of hydrogen-bond acceptors (Lipinski definition) is 7. The van der Waals surface area contributed by atoms with Crippen LogP contribution in [0.3, 0.4) is 0 Å². The quantitative estimate of drug-likeness (QED) is 0.590. The summed E-state index contributed by atoms with van der Waals surface area (Å²) in [7, 11) is 0. The molecule has 9 nitrogen and oxygen atoms in total. The van der Waals surface area contributed by atoms with E-state index in [2.05, 4.69) is 21.3 Å². The van der Waals surface area contributed by atoms with Gasteiger partial charge in [-0.25, -0.2) is 4.98 Å². The van der Waals surface area contributed by atoms with E-state index in [1.165, 1.54) is 18.2 Å². The Balaban J connectivity index is 1.59. The maximum atomic E-state index is 12.6. The molecule has 1 aliphatic heterocycles. The number of rotatable bonds is 5. The van der Waals surface area contributed by atoms with Gasteiger partial charge in [-0.05, 0) is 25.1 Å². The first kappa shape index (κ1) is 20.5. The summed E-state index contributed by atoms with van der Waals surface area (Å²) in [5.41, 5.74) is 0.765. The van der Waals surface area contributed by atoms with Crippen molar-refractivity contribution in [3.05, 3.63) is 57.2 Å². The summed E-state index contributed by atoms with van der Waals surface area (Å²) in [5, 5.41) is 22.7. The number of carbonyl (C=O) groups is 1. The van der Waals surface area contributed by atoms with Gasteiger partial charge in [-0.3, -0.25) is 19.8 Å². The van der Waals surface area contributed by atoms with Crippen LogP contribution in [0.25, 0.3) is 0 Å². The summed E-state index contributed by atoms with van der Waals surface area (Å²) in [5.74, 6) is 0.511. The van der Waals surface area contributed by atoms with E-state index in [9.17, 15) is 14.9 Å². The third kappa shape index (κ3) is 4.80. The Hall–Kier alpha value is -3.22. The van der Waals surface area contributed by atoms with Gasteiger partial charge in [-0.15, -0.1) is 0 Å². The largest absolute Gasteiger partial charge is 0.354 e. The van der Waals surface area contributed by atoms with Gasteiger partial charge in [0.25, 0.3) is 5.69 Å². The van der Waals surface area contributed by atoms with Crippen molar-refractivity contribution in [3.8, 4) is 6.07 Å². The molecule has 0 radical (unpaired) electrons. The number of nitro groups is 1. The summed E-state index contributed by atoms with van der Waals surface area (Å²) >= 11 is 6.05. The number of halogens is 1. The van der Waals surface area contributed by atoms with Crippen LogP contribution in [-0.2, 0) is 4.79 Å². The molecule has 0 aliphatic carbocycles. The van der Waals surface area contributed by atoms with E-state index in [0.29, 0.717) is 37.4 Å². The first-order valence-electron chi connectivity index (χ1n) is 8.99. The minimum absolute atomic E-state index is 0.119. The van der Waals surface area contributed by atoms with E-state index in [-0.39, 0.29) is 16.6 Å². The van der Waals surface area contributed by atoms with Crippen LogP contribution in [0, 0.1) is 21.4 Å². The number of amides is 1. The van der Waals surface area contributed by atoms with Crippen LogP contribution in [0.2, 0.25) is 5.02 Å². The molecule has 1 amide bonds. The fourth-order valence-corrected chi connectivity index (χ4v) is 3.34. The Morgan fingerprint density at radius 3 is 2.66 bits per heavy atom.